The van der Waals surface area contributed by atoms with E-state index in [-0.39, 0.29) is 0 Å². The number of aromatic nitrogens is 3. The van der Waals surface area contributed by atoms with Gasteiger partial charge in [0.2, 0.25) is 0 Å². The van der Waals surface area contributed by atoms with E-state index in [0.717, 1.165) is 83.5 Å². The molecule has 8 bridgehead atoms. The SMILES string of the molecule is CNc1c2c(-c3ccccc3)c3ccc([nH]3)c(-c3ccc(C)cc3)c3nc(c(-c4ccc(C)cc4)c4ccc([nH]4)c(-c4ccc(C)cc4)c1C(=O)O2)C=C3. The molecule has 6 heteroatoms. The molecule has 0 saturated carbocycles. The number of anilines is 1. The molecule has 0 saturated heterocycles. The number of aryl methyl sites for hydroxylation is 3. The Morgan fingerprint density at radius 2 is 0.889 bits per heavy atom. The Hall–Kier alpha value is -6.92. The summed E-state index contributed by atoms with van der Waals surface area (Å²) in [6, 6.07) is 43.7. The van der Waals surface area contributed by atoms with Crippen molar-refractivity contribution in [3.05, 3.63) is 161 Å². The number of ether oxygens (including phenoxy) is 1. The van der Waals surface area contributed by atoms with Crippen LogP contribution in [0.4, 0.5) is 5.69 Å². The molecule has 2 aliphatic rings. The smallest absolute Gasteiger partial charge is 0.346 e. The van der Waals surface area contributed by atoms with E-state index in [1.807, 2.05) is 37.4 Å². The van der Waals surface area contributed by atoms with E-state index in [4.69, 9.17) is 9.72 Å². The average molecular weight is 703 g/mol. The number of hydrogen-bond acceptors (Lipinski definition) is 4. The van der Waals surface area contributed by atoms with E-state index in [1.165, 1.54) is 11.1 Å². The molecular weight excluding hydrogens is 665 g/mol. The maximum atomic E-state index is 14.4. The first kappa shape index (κ1) is 33.0. The zero-order valence-electron chi connectivity index (χ0n) is 30.5. The van der Waals surface area contributed by atoms with E-state index in [2.05, 4.69) is 145 Å². The first-order valence-corrected chi connectivity index (χ1v) is 18.2. The largest absolute Gasteiger partial charge is 0.420 e. The van der Waals surface area contributed by atoms with Crippen LogP contribution in [0.3, 0.4) is 0 Å². The number of esters is 1. The Morgan fingerprint density at radius 3 is 1.35 bits per heavy atom. The second kappa shape index (κ2) is 13.2. The minimum Gasteiger partial charge on any atom is -0.420 e. The molecule has 4 aromatic carbocycles. The summed E-state index contributed by atoms with van der Waals surface area (Å²) in [6.45, 7) is 6.25. The predicted octanol–water partition coefficient (Wildman–Crippen LogP) is 11.9. The number of H-pyrrole nitrogens is 2. The Balaban J connectivity index is 1.52. The first-order valence-electron chi connectivity index (χ1n) is 18.2. The van der Waals surface area contributed by atoms with E-state index in [0.29, 0.717) is 17.0 Å². The van der Waals surface area contributed by atoms with Crippen LogP contribution >= 0.6 is 0 Å². The van der Waals surface area contributed by atoms with Gasteiger partial charge in [0.05, 0.1) is 33.7 Å². The molecule has 262 valence electrons. The number of carbonyl (C=O) groups excluding carboxylic acids is 1. The molecule has 3 N–H and O–H groups in total. The molecule has 3 aromatic heterocycles. The van der Waals surface area contributed by atoms with E-state index in [1.54, 1.807) is 0 Å². The Morgan fingerprint density at radius 1 is 0.481 bits per heavy atom. The number of fused-ring (bicyclic) bond motifs is 8. The van der Waals surface area contributed by atoms with Gasteiger partial charge in [-0.05, 0) is 79.4 Å². The van der Waals surface area contributed by atoms with Crippen LogP contribution in [0.2, 0.25) is 0 Å². The fraction of sp³-hybridized carbons (Fsp3) is 0.0833. The lowest BCUT2D eigenvalue weighted by molar-refractivity contribution is 0.0755. The minimum absolute atomic E-state index is 0.429. The maximum absolute atomic E-state index is 14.4. The summed E-state index contributed by atoms with van der Waals surface area (Å²) in [6.07, 6.45) is 4.21. The van der Waals surface area contributed by atoms with Crippen molar-refractivity contribution < 1.29 is 9.53 Å². The molecule has 2 aliphatic heterocycles. The predicted molar refractivity (Wildman–Crippen MR) is 223 cm³/mol. The summed E-state index contributed by atoms with van der Waals surface area (Å²) < 4.78 is 6.38. The second-order valence-corrected chi connectivity index (χ2v) is 14.0. The maximum Gasteiger partial charge on any atom is 0.346 e. The van der Waals surface area contributed by atoms with Gasteiger partial charge in [0, 0.05) is 40.3 Å². The van der Waals surface area contributed by atoms with Crippen molar-refractivity contribution in [1.82, 2.24) is 15.0 Å². The van der Waals surface area contributed by atoms with Gasteiger partial charge < -0.3 is 20.0 Å². The number of nitrogens with zero attached hydrogens (tertiary/aromatic N) is 1. The number of carbonyl (C=O) groups is 1. The van der Waals surface area contributed by atoms with Crippen molar-refractivity contribution in [2.24, 2.45) is 0 Å². The fourth-order valence-corrected chi connectivity index (χ4v) is 7.56. The monoisotopic (exact) mass is 702 g/mol. The quantitative estimate of drug-likeness (QED) is 0.156. The zero-order chi connectivity index (χ0) is 36.9. The number of nitrogens with one attached hydrogen (secondary N) is 3. The topological polar surface area (TPSA) is 82.8 Å². The number of aromatic amines is 2. The summed E-state index contributed by atoms with van der Waals surface area (Å²) in [5.41, 5.74) is 16.9. The van der Waals surface area contributed by atoms with Crippen LogP contribution in [-0.2, 0) is 0 Å². The summed E-state index contributed by atoms with van der Waals surface area (Å²) in [4.78, 5) is 27.3. The van der Waals surface area contributed by atoms with E-state index < -0.39 is 5.97 Å². The molecule has 0 fully saturated rings. The molecular formula is C48H38N4O2. The highest BCUT2D eigenvalue weighted by Gasteiger charge is 2.32. The van der Waals surface area contributed by atoms with Crippen molar-refractivity contribution in [3.63, 3.8) is 0 Å². The van der Waals surface area contributed by atoms with Crippen LogP contribution in [-0.4, -0.2) is 28.0 Å². The van der Waals surface area contributed by atoms with Gasteiger partial charge in [-0.3, -0.25) is 0 Å². The third-order valence-electron chi connectivity index (χ3n) is 10.3. The first-order chi connectivity index (χ1) is 26.4. The highest BCUT2D eigenvalue weighted by Crippen LogP contribution is 2.47. The molecule has 5 heterocycles. The summed E-state index contributed by atoms with van der Waals surface area (Å²) in [5.74, 6) is 0.0280. The van der Waals surface area contributed by atoms with Crippen molar-refractivity contribution in [1.29, 1.82) is 0 Å². The third kappa shape index (κ3) is 5.69. The number of hydrogen-bond donors (Lipinski definition) is 3. The van der Waals surface area contributed by atoms with Gasteiger partial charge in [-0.2, -0.15) is 0 Å². The molecule has 54 heavy (non-hydrogen) atoms. The lowest BCUT2D eigenvalue weighted by Crippen LogP contribution is -2.04. The molecule has 0 amide bonds. The van der Waals surface area contributed by atoms with Crippen LogP contribution in [0.15, 0.2) is 127 Å². The summed E-state index contributed by atoms with van der Waals surface area (Å²) in [5, 5.41) is 3.40. The van der Waals surface area contributed by atoms with Crippen molar-refractivity contribution in [2.45, 2.75) is 20.8 Å². The average Bonchev–Trinajstić information content (AvgIpc) is 4.01. The molecule has 0 atom stereocenters. The molecule has 0 unspecified atom stereocenters. The van der Waals surface area contributed by atoms with Crippen molar-refractivity contribution >= 4 is 45.9 Å². The highest BCUT2D eigenvalue weighted by atomic mass is 16.5. The Bertz CT molecular complexity index is 2790. The van der Waals surface area contributed by atoms with Crippen LogP contribution in [0, 0.1) is 20.8 Å². The van der Waals surface area contributed by atoms with E-state index >= 15 is 0 Å². The number of benzene rings is 4. The molecule has 6 nitrogen and oxygen atoms in total. The fourth-order valence-electron chi connectivity index (χ4n) is 7.56. The Labute approximate surface area is 313 Å². The normalized spacial score (nSPS) is 12.2. The molecule has 7 aromatic rings. The van der Waals surface area contributed by atoms with Crippen molar-refractivity contribution in [2.75, 3.05) is 12.4 Å². The summed E-state index contributed by atoms with van der Waals surface area (Å²) >= 11 is 0. The third-order valence-corrected chi connectivity index (χ3v) is 10.3. The molecule has 0 aliphatic carbocycles. The van der Waals surface area contributed by atoms with Gasteiger partial charge in [-0.15, -0.1) is 0 Å². The minimum atomic E-state index is -0.429. The lowest BCUT2D eigenvalue weighted by Gasteiger charge is -2.09. The van der Waals surface area contributed by atoms with Gasteiger partial charge in [0.25, 0.3) is 0 Å². The lowest BCUT2D eigenvalue weighted by atomic mass is 9.98. The van der Waals surface area contributed by atoms with Gasteiger partial charge >= 0.3 is 5.97 Å². The molecule has 0 radical (unpaired) electrons. The van der Waals surface area contributed by atoms with Gasteiger partial charge in [-0.25, -0.2) is 9.78 Å². The molecule has 0 spiro atoms. The number of rotatable bonds is 5. The zero-order valence-corrected chi connectivity index (χ0v) is 30.5. The molecule has 9 rings (SSSR count). The Kier molecular flexibility index (Phi) is 8.08. The standard InChI is InChI=1S/C48H38N4O2/c1-28-10-16-32(17-11-28)41-35-22-23-36(50-35)42(33-18-12-29(2)13-19-33)38-25-27-40(52-38)44(31-8-6-5-7-9-31)47-46(49-4)45(48(53)54-47)43(39-26-24-37(41)51-39)34-20-14-30(3)15-21-34/h5-27,49,51-52H,1-4H3. The van der Waals surface area contributed by atoms with Crippen LogP contribution in [0.25, 0.3) is 78.7 Å². The second-order valence-electron chi connectivity index (χ2n) is 14.0. The van der Waals surface area contributed by atoms with Crippen LogP contribution < -0.4 is 10.1 Å². The summed E-state index contributed by atoms with van der Waals surface area (Å²) in [7, 11) is 1.84. The van der Waals surface area contributed by atoms with Gasteiger partial charge in [0.15, 0.2) is 5.75 Å². The van der Waals surface area contributed by atoms with Gasteiger partial charge in [0.1, 0.15) is 0 Å². The van der Waals surface area contributed by atoms with Gasteiger partial charge in [-0.1, -0.05) is 120 Å². The van der Waals surface area contributed by atoms with Crippen LogP contribution in [0.1, 0.15) is 38.4 Å². The van der Waals surface area contributed by atoms with Crippen LogP contribution in [0.5, 0.6) is 5.75 Å². The highest BCUT2D eigenvalue weighted by molar-refractivity contribution is 6.14. The van der Waals surface area contributed by atoms with Crippen molar-refractivity contribution in [3.8, 4) is 50.3 Å². The van der Waals surface area contributed by atoms with E-state index in [9.17, 15) is 4.79 Å².